The minimum Gasteiger partial charge on any atom is -0.330 e. The second-order valence-electron chi connectivity index (χ2n) is 6.87. The van der Waals surface area contributed by atoms with Crippen LogP contribution < -0.4 is 5.73 Å². The molecule has 3 rings (SSSR count). The molecule has 1 aliphatic carbocycles. The second-order valence-corrected chi connectivity index (χ2v) is 6.87. The van der Waals surface area contributed by atoms with Crippen LogP contribution in [0.15, 0.2) is 24.3 Å². The number of rotatable bonds is 4. The fraction of sp³-hybridized carbons (Fsp3) is 0.667. The third-order valence-corrected chi connectivity index (χ3v) is 5.06. The Morgan fingerprint density at radius 2 is 1.85 bits per heavy atom. The zero-order valence-electron chi connectivity index (χ0n) is 12.9. The summed E-state index contributed by atoms with van der Waals surface area (Å²) in [6.45, 7) is 6.60. The van der Waals surface area contributed by atoms with Gasteiger partial charge in [-0.3, -0.25) is 4.90 Å². The van der Waals surface area contributed by atoms with Crippen LogP contribution in [0.1, 0.15) is 62.6 Å². The Bertz CT molecular complexity index is 433. The van der Waals surface area contributed by atoms with Crippen LogP contribution in [0.25, 0.3) is 0 Å². The van der Waals surface area contributed by atoms with E-state index >= 15 is 0 Å². The molecule has 1 heterocycles. The normalized spacial score (nSPS) is 28.0. The molecule has 110 valence electrons. The first-order valence-electron chi connectivity index (χ1n) is 8.26. The van der Waals surface area contributed by atoms with Gasteiger partial charge in [0.15, 0.2) is 0 Å². The van der Waals surface area contributed by atoms with E-state index in [2.05, 4.69) is 43.0 Å². The molecule has 2 aliphatic rings. The highest BCUT2D eigenvalue weighted by Crippen LogP contribution is 2.42. The molecule has 1 aromatic carbocycles. The van der Waals surface area contributed by atoms with Crippen molar-refractivity contribution in [1.29, 1.82) is 0 Å². The van der Waals surface area contributed by atoms with E-state index in [1.807, 2.05) is 0 Å². The smallest absolute Gasteiger partial charge is 0.0391 e. The largest absolute Gasteiger partial charge is 0.330 e. The van der Waals surface area contributed by atoms with Crippen LogP contribution in [-0.2, 0) is 0 Å². The lowest BCUT2D eigenvalue weighted by Crippen LogP contribution is -2.42. The highest BCUT2D eigenvalue weighted by Gasteiger charge is 2.39. The Kier molecular flexibility index (Phi) is 4.13. The van der Waals surface area contributed by atoms with Gasteiger partial charge in [-0.05, 0) is 61.7 Å². The van der Waals surface area contributed by atoms with Gasteiger partial charge in [0.1, 0.15) is 0 Å². The molecule has 0 bridgehead atoms. The van der Waals surface area contributed by atoms with Crippen LogP contribution in [0.5, 0.6) is 0 Å². The first-order valence-corrected chi connectivity index (χ1v) is 8.26. The lowest BCUT2D eigenvalue weighted by molar-refractivity contribution is 0.0879. The van der Waals surface area contributed by atoms with Crippen LogP contribution >= 0.6 is 0 Å². The van der Waals surface area contributed by atoms with Gasteiger partial charge in [-0.15, -0.1) is 0 Å². The third kappa shape index (κ3) is 2.77. The quantitative estimate of drug-likeness (QED) is 0.906. The number of piperidine rings is 1. The van der Waals surface area contributed by atoms with Crippen LogP contribution in [0.3, 0.4) is 0 Å². The lowest BCUT2D eigenvalue weighted by atomic mass is 9.84. The molecule has 2 atom stereocenters. The van der Waals surface area contributed by atoms with Crippen LogP contribution in [0.2, 0.25) is 0 Å². The van der Waals surface area contributed by atoms with Crippen LogP contribution in [0, 0.1) is 5.92 Å². The van der Waals surface area contributed by atoms with E-state index in [4.69, 9.17) is 5.73 Å². The zero-order chi connectivity index (χ0) is 14.1. The summed E-state index contributed by atoms with van der Waals surface area (Å²) in [5.41, 5.74) is 8.98. The van der Waals surface area contributed by atoms with Crippen molar-refractivity contribution in [2.75, 3.05) is 13.1 Å². The van der Waals surface area contributed by atoms with E-state index < -0.39 is 0 Å². The monoisotopic (exact) mass is 272 g/mol. The topological polar surface area (TPSA) is 29.3 Å². The van der Waals surface area contributed by atoms with Crippen molar-refractivity contribution in [2.45, 2.75) is 57.5 Å². The summed E-state index contributed by atoms with van der Waals surface area (Å²) < 4.78 is 0. The van der Waals surface area contributed by atoms with Gasteiger partial charge in [-0.2, -0.15) is 0 Å². The summed E-state index contributed by atoms with van der Waals surface area (Å²) in [6.07, 6.45) is 5.38. The molecule has 0 aromatic heterocycles. The van der Waals surface area contributed by atoms with E-state index in [9.17, 15) is 0 Å². The Balaban J connectivity index is 1.86. The van der Waals surface area contributed by atoms with E-state index in [-0.39, 0.29) is 0 Å². The molecule has 2 heteroatoms. The molecule has 1 aliphatic heterocycles. The van der Waals surface area contributed by atoms with Crippen molar-refractivity contribution >= 4 is 0 Å². The maximum Gasteiger partial charge on any atom is 0.0391 e. The molecule has 2 fully saturated rings. The minimum atomic E-state index is 0.558. The molecular formula is C18H28N2. The van der Waals surface area contributed by atoms with Crippen molar-refractivity contribution in [3.8, 4) is 0 Å². The molecule has 2 nitrogen and oxygen atoms in total. The number of nitrogens with two attached hydrogens (primary N) is 1. The summed E-state index contributed by atoms with van der Waals surface area (Å²) in [6, 6.07) is 10.7. The molecule has 1 saturated heterocycles. The van der Waals surface area contributed by atoms with Gasteiger partial charge < -0.3 is 5.73 Å². The van der Waals surface area contributed by atoms with Gasteiger partial charge in [0.2, 0.25) is 0 Å². The van der Waals surface area contributed by atoms with Crippen molar-refractivity contribution in [3.05, 3.63) is 35.4 Å². The first-order chi connectivity index (χ1) is 9.70. The highest BCUT2D eigenvalue weighted by atomic mass is 15.2. The number of nitrogens with zero attached hydrogens (tertiary/aromatic N) is 1. The Hall–Kier alpha value is -0.860. The average Bonchev–Trinajstić information content (AvgIpc) is 3.31. The van der Waals surface area contributed by atoms with Gasteiger partial charge in [-0.25, -0.2) is 0 Å². The van der Waals surface area contributed by atoms with Gasteiger partial charge in [-0.1, -0.05) is 38.1 Å². The van der Waals surface area contributed by atoms with E-state index in [0.29, 0.717) is 17.9 Å². The molecule has 1 aromatic rings. The molecule has 1 saturated carbocycles. The van der Waals surface area contributed by atoms with Crippen molar-refractivity contribution < 1.29 is 0 Å². The summed E-state index contributed by atoms with van der Waals surface area (Å²) in [5, 5.41) is 0. The lowest BCUT2D eigenvalue weighted by Gasteiger charge is -2.41. The fourth-order valence-electron chi connectivity index (χ4n) is 3.71. The SMILES string of the molecule is CC(C)c1ccc(C2C(CN)CCCN2C2CC2)cc1. The number of likely N-dealkylation sites (tertiary alicyclic amines) is 1. The van der Waals surface area contributed by atoms with Crippen LogP contribution in [0.4, 0.5) is 0 Å². The Morgan fingerprint density at radius 1 is 1.15 bits per heavy atom. The number of benzene rings is 1. The number of hydrogen-bond donors (Lipinski definition) is 1. The van der Waals surface area contributed by atoms with E-state index in [0.717, 1.165) is 12.6 Å². The van der Waals surface area contributed by atoms with E-state index in [1.165, 1.54) is 43.4 Å². The molecule has 0 spiro atoms. The fourth-order valence-corrected chi connectivity index (χ4v) is 3.71. The van der Waals surface area contributed by atoms with Gasteiger partial charge in [0.05, 0.1) is 0 Å². The van der Waals surface area contributed by atoms with E-state index in [1.54, 1.807) is 0 Å². The third-order valence-electron chi connectivity index (χ3n) is 5.06. The van der Waals surface area contributed by atoms with Gasteiger partial charge in [0, 0.05) is 12.1 Å². The van der Waals surface area contributed by atoms with Gasteiger partial charge in [0.25, 0.3) is 0 Å². The molecular weight excluding hydrogens is 244 g/mol. The molecule has 2 unspecified atom stereocenters. The molecule has 0 radical (unpaired) electrons. The summed E-state index contributed by atoms with van der Waals surface area (Å²) in [4.78, 5) is 2.74. The predicted octanol–water partition coefficient (Wildman–Crippen LogP) is 3.68. The Labute approximate surface area is 123 Å². The highest BCUT2D eigenvalue weighted by molar-refractivity contribution is 5.28. The summed E-state index contributed by atoms with van der Waals surface area (Å²) >= 11 is 0. The maximum absolute atomic E-state index is 6.07. The van der Waals surface area contributed by atoms with Gasteiger partial charge >= 0.3 is 0 Å². The zero-order valence-corrected chi connectivity index (χ0v) is 12.9. The van der Waals surface area contributed by atoms with Crippen molar-refractivity contribution in [1.82, 2.24) is 4.90 Å². The summed E-state index contributed by atoms with van der Waals surface area (Å²) in [5.74, 6) is 1.24. The second kappa shape index (κ2) is 5.87. The first kappa shape index (κ1) is 14.1. The standard InChI is InChI=1S/C18H28N2/c1-13(2)14-5-7-15(8-6-14)18-16(12-19)4-3-11-20(18)17-9-10-17/h5-8,13,16-18H,3-4,9-12,19H2,1-2H3. The molecule has 0 amide bonds. The average molecular weight is 272 g/mol. The van der Waals surface area contributed by atoms with Crippen LogP contribution in [-0.4, -0.2) is 24.0 Å². The van der Waals surface area contributed by atoms with Crippen molar-refractivity contribution in [2.24, 2.45) is 11.7 Å². The Morgan fingerprint density at radius 3 is 2.40 bits per heavy atom. The van der Waals surface area contributed by atoms with Crippen molar-refractivity contribution in [3.63, 3.8) is 0 Å². The maximum atomic E-state index is 6.07. The molecule has 2 N–H and O–H groups in total. The molecule has 20 heavy (non-hydrogen) atoms. The summed E-state index contributed by atoms with van der Waals surface area (Å²) in [7, 11) is 0. The predicted molar refractivity (Wildman–Crippen MR) is 84.8 cm³/mol. The minimum absolute atomic E-state index is 0.558. The number of hydrogen-bond acceptors (Lipinski definition) is 2.